The van der Waals surface area contributed by atoms with Crippen LogP contribution in [0.1, 0.15) is 37.2 Å². The van der Waals surface area contributed by atoms with Crippen LogP contribution in [-0.2, 0) is 9.59 Å². The summed E-state index contributed by atoms with van der Waals surface area (Å²) in [5, 5.41) is 10.0. The van der Waals surface area contributed by atoms with Crippen molar-refractivity contribution in [3.63, 3.8) is 0 Å². The summed E-state index contributed by atoms with van der Waals surface area (Å²) in [5.74, 6) is 0.0641. The van der Waals surface area contributed by atoms with Gasteiger partial charge >= 0.3 is 0 Å². The smallest absolute Gasteiger partial charge is 0.236 e. The van der Waals surface area contributed by atoms with E-state index in [9.17, 15) is 14.7 Å². The van der Waals surface area contributed by atoms with Crippen molar-refractivity contribution in [2.45, 2.75) is 31.6 Å². The molecule has 2 heterocycles. The van der Waals surface area contributed by atoms with Gasteiger partial charge in [-0.15, -0.1) is 0 Å². The lowest BCUT2D eigenvalue weighted by molar-refractivity contribution is -0.149. The third kappa shape index (κ3) is 5.07. The maximum Gasteiger partial charge on any atom is 0.236 e. The zero-order chi connectivity index (χ0) is 21.6. The van der Waals surface area contributed by atoms with Crippen LogP contribution in [0.5, 0.6) is 5.75 Å². The third-order valence-electron chi connectivity index (χ3n) is 6.41. The highest BCUT2D eigenvalue weighted by atomic mass is 16.3. The van der Waals surface area contributed by atoms with Gasteiger partial charge in [-0.25, -0.2) is 0 Å². The fraction of sp³-hybridized carbons (Fsp3) is 0.440. The lowest BCUT2D eigenvalue weighted by Crippen LogP contribution is -2.47. The number of para-hydroxylation sites is 2. The topological polar surface area (TPSA) is 64.1 Å². The van der Waals surface area contributed by atoms with Gasteiger partial charge in [0.1, 0.15) is 5.75 Å². The highest BCUT2D eigenvalue weighted by Crippen LogP contribution is 2.29. The number of likely N-dealkylation sites (tertiary alicyclic amines) is 1. The van der Waals surface area contributed by atoms with Crippen LogP contribution in [0, 0.1) is 0 Å². The van der Waals surface area contributed by atoms with E-state index in [-0.39, 0.29) is 17.7 Å². The molecule has 0 bridgehead atoms. The summed E-state index contributed by atoms with van der Waals surface area (Å²) in [7, 11) is 0. The molecule has 1 N–H and O–H groups in total. The lowest BCUT2D eigenvalue weighted by atomic mass is 9.89. The van der Waals surface area contributed by atoms with Crippen LogP contribution in [-0.4, -0.2) is 66.0 Å². The van der Waals surface area contributed by atoms with Crippen LogP contribution < -0.4 is 4.90 Å². The van der Waals surface area contributed by atoms with Gasteiger partial charge in [-0.05, 0) is 43.5 Å². The van der Waals surface area contributed by atoms with Crippen molar-refractivity contribution in [2.75, 3.05) is 44.2 Å². The number of piperazine rings is 1. The van der Waals surface area contributed by atoms with Crippen molar-refractivity contribution >= 4 is 17.5 Å². The molecule has 0 saturated carbocycles. The number of hydrogen-bond acceptors (Lipinski definition) is 5. The standard InChI is InChI=1S/C25H31N3O3/c29-23-11-5-4-10-22(23)27-18-16-26(17-19-27)14-6-7-15-28-24(30)13-12-21(25(28)31)20-8-2-1-3-9-20/h1-5,8-11,21,29H,6-7,12-19H2. The molecule has 1 unspecified atom stereocenters. The van der Waals surface area contributed by atoms with E-state index in [4.69, 9.17) is 0 Å². The van der Waals surface area contributed by atoms with Crippen molar-refractivity contribution in [1.29, 1.82) is 0 Å². The summed E-state index contributed by atoms with van der Waals surface area (Å²) in [6.07, 6.45) is 2.85. The number of unbranched alkanes of at least 4 members (excludes halogenated alkanes) is 1. The molecule has 2 aliphatic heterocycles. The van der Waals surface area contributed by atoms with Crippen molar-refractivity contribution in [3.05, 3.63) is 60.2 Å². The third-order valence-corrected chi connectivity index (χ3v) is 6.41. The van der Waals surface area contributed by atoms with Gasteiger partial charge in [0.15, 0.2) is 0 Å². The number of nitrogens with zero attached hydrogens (tertiary/aromatic N) is 3. The van der Waals surface area contributed by atoms with E-state index in [1.54, 1.807) is 6.07 Å². The van der Waals surface area contributed by atoms with Gasteiger partial charge in [-0.2, -0.15) is 0 Å². The first kappa shape index (κ1) is 21.4. The number of hydrogen-bond donors (Lipinski definition) is 1. The number of imide groups is 1. The molecule has 0 radical (unpaired) electrons. The minimum atomic E-state index is -0.193. The Bertz CT molecular complexity index is 894. The minimum Gasteiger partial charge on any atom is -0.506 e. The van der Waals surface area contributed by atoms with Crippen LogP contribution in [0.4, 0.5) is 5.69 Å². The Morgan fingerprint density at radius 2 is 1.52 bits per heavy atom. The molecule has 1 atom stereocenters. The monoisotopic (exact) mass is 421 g/mol. The fourth-order valence-electron chi connectivity index (χ4n) is 4.62. The highest BCUT2D eigenvalue weighted by molar-refractivity contribution is 6.01. The number of phenolic OH excluding ortho intramolecular Hbond substituents is 1. The number of benzene rings is 2. The maximum absolute atomic E-state index is 12.9. The first-order valence-corrected chi connectivity index (χ1v) is 11.3. The average molecular weight is 422 g/mol. The summed E-state index contributed by atoms with van der Waals surface area (Å²) >= 11 is 0. The largest absolute Gasteiger partial charge is 0.506 e. The van der Waals surface area contributed by atoms with Gasteiger partial charge < -0.3 is 10.0 Å². The van der Waals surface area contributed by atoms with Crippen molar-refractivity contribution < 1.29 is 14.7 Å². The predicted molar refractivity (Wildman–Crippen MR) is 121 cm³/mol. The Hall–Kier alpha value is -2.86. The van der Waals surface area contributed by atoms with Crippen LogP contribution in [0.25, 0.3) is 0 Å². The molecular weight excluding hydrogens is 390 g/mol. The highest BCUT2D eigenvalue weighted by Gasteiger charge is 2.34. The van der Waals surface area contributed by atoms with E-state index in [0.29, 0.717) is 25.1 Å². The molecule has 2 aliphatic rings. The minimum absolute atomic E-state index is 0.0338. The van der Waals surface area contributed by atoms with Gasteiger partial charge in [0.2, 0.25) is 11.8 Å². The summed E-state index contributed by atoms with van der Waals surface area (Å²) < 4.78 is 0. The van der Waals surface area contributed by atoms with Crippen LogP contribution in [0.15, 0.2) is 54.6 Å². The number of aromatic hydroxyl groups is 1. The Labute approximate surface area is 184 Å². The number of anilines is 1. The number of amides is 2. The molecule has 2 amide bonds. The van der Waals surface area contributed by atoms with E-state index < -0.39 is 0 Å². The number of rotatable bonds is 7. The number of carbonyl (C=O) groups excluding carboxylic acids is 2. The molecule has 0 aliphatic carbocycles. The van der Waals surface area contributed by atoms with Gasteiger partial charge in [-0.3, -0.25) is 19.4 Å². The van der Waals surface area contributed by atoms with Gasteiger partial charge in [-0.1, -0.05) is 42.5 Å². The SMILES string of the molecule is O=C1CCC(c2ccccc2)C(=O)N1CCCCN1CCN(c2ccccc2O)CC1. The van der Waals surface area contributed by atoms with Crippen molar-refractivity contribution in [1.82, 2.24) is 9.80 Å². The Morgan fingerprint density at radius 3 is 2.26 bits per heavy atom. The first-order valence-electron chi connectivity index (χ1n) is 11.3. The van der Waals surface area contributed by atoms with Crippen LogP contribution in [0.2, 0.25) is 0 Å². The normalized spacial score (nSPS) is 20.3. The lowest BCUT2D eigenvalue weighted by Gasteiger charge is -2.36. The fourth-order valence-corrected chi connectivity index (χ4v) is 4.62. The summed E-state index contributed by atoms with van der Waals surface area (Å²) in [5.41, 5.74) is 1.91. The van der Waals surface area contributed by atoms with E-state index in [1.165, 1.54) is 4.90 Å². The van der Waals surface area contributed by atoms with Crippen LogP contribution >= 0.6 is 0 Å². The Morgan fingerprint density at radius 1 is 0.839 bits per heavy atom. The van der Waals surface area contributed by atoms with Crippen molar-refractivity contribution in [3.8, 4) is 5.75 Å². The zero-order valence-corrected chi connectivity index (χ0v) is 17.9. The number of carbonyl (C=O) groups is 2. The molecule has 4 rings (SSSR count). The second kappa shape index (κ2) is 9.96. The van der Waals surface area contributed by atoms with E-state index in [0.717, 1.165) is 56.8 Å². The molecule has 0 aromatic heterocycles. The molecule has 2 aromatic carbocycles. The van der Waals surface area contributed by atoms with E-state index >= 15 is 0 Å². The van der Waals surface area contributed by atoms with Crippen LogP contribution in [0.3, 0.4) is 0 Å². The molecule has 2 saturated heterocycles. The summed E-state index contributed by atoms with van der Waals surface area (Å²) in [6.45, 7) is 5.16. The average Bonchev–Trinajstić information content (AvgIpc) is 2.80. The zero-order valence-electron chi connectivity index (χ0n) is 17.9. The second-order valence-corrected chi connectivity index (χ2v) is 8.41. The molecule has 6 nitrogen and oxygen atoms in total. The van der Waals surface area contributed by atoms with Gasteiger partial charge in [0.05, 0.1) is 11.6 Å². The van der Waals surface area contributed by atoms with E-state index in [2.05, 4.69) is 9.80 Å². The number of phenols is 1. The maximum atomic E-state index is 12.9. The van der Waals surface area contributed by atoms with Crippen molar-refractivity contribution in [2.24, 2.45) is 0 Å². The quantitative estimate of drug-likeness (QED) is 0.549. The van der Waals surface area contributed by atoms with E-state index in [1.807, 2.05) is 48.5 Å². The number of piperidine rings is 1. The predicted octanol–water partition coefficient (Wildman–Crippen LogP) is 3.23. The Kier molecular flexibility index (Phi) is 6.87. The first-order chi connectivity index (χ1) is 15.1. The molecular formula is C25H31N3O3. The molecule has 31 heavy (non-hydrogen) atoms. The second-order valence-electron chi connectivity index (χ2n) is 8.41. The van der Waals surface area contributed by atoms with Gasteiger partial charge in [0, 0.05) is 39.1 Å². The summed E-state index contributed by atoms with van der Waals surface area (Å²) in [4.78, 5) is 31.4. The van der Waals surface area contributed by atoms with Gasteiger partial charge in [0.25, 0.3) is 0 Å². The molecule has 2 aromatic rings. The molecule has 2 fully saturated rings. The molecule has 0 spiro atoms. The summed E-state index contributed by atoms with van der Waals surface area (Å²) in [6, 6.07) is 17.3. The molecule has 164 valence electrons. The Balaban J connectivity index is 1.21. The molecule has 6 heteroatoms.